The molecule has 0 saturated carbocycles. The molecule has 49 heavy (non-hydrogen) atoms. The fourth-order valence-corrected chi connectivity index (χ4v) is 8.84. The number of carbonyl (C=O) groups excluding carboxylic acids is 4. The minimum absolute atomic E-state index is 0.228. The largest absolute Gasteiger partial charge is 0.343 e. The average Bonchev–Trinajstić information content (AvgIpc) is 3.63. The third kappa shape index (κ3) is 3.99. The lowest BCUT2D eigenvalue weighted by Crippen LogP contribution is -2.57. The van der Waals surface area contributed by atoms with E-state index in [1.54, 1.807) is 48.5 Å². The molecule has 5 aromatic rings. The van der Waals surface area contributed by atoms with Crippen LogP contribution in [0.1, 0.15) is 115 Å². The van der Waals surface area contributed by atoms with Gasteiger partial charge in [-0.25, -0.2) is 0 Å². The van der Waals surface area contributed by atoms with Crippen LogP contribution in [0.5, 0.6) is 0 Å². The Labute approximate surface area is 286 Å². The van der Waals surface area contributed by atoms with Crippen LogP contribution in [0.3, 0.4) is 0 Å². The first-order valence-electron chi connectivity index (χ1n) is 17.1. The number of carbonyl (C=O) groups is 4. The van der Waals surface area contributed by atoms with Crippen molar-refractivity contribution in [1.29, 1.82) is 0 Å². The average molecular weight is 644 g/mol. The van der Waals surface area contributed by atoms with E-state index in [0.29, 0.717) is 39.1 Å². The van der Waals surface area contributed by atoms with Crippen LogP contribution >= 0.6 is 0 Å². The van der Waals surface area contributed by atoms with Crippen LogP contribution in [-0.2, 0) is 0 Å². The summed E-state index contributed by atoms with van der Waals surface area (Å²) in [5, 5.41) is 0. The maximum absolute atomic E-state index is 15.5. The van der Waals surface area contributed by atoms with Crippen molar-refractivity contribution in [3.8, 4) is 0 Å². The Balaban J connectivity index is 1.55. The van der Waals surface area contributed by atoms with Gasteiger partial charge < -0.3 is 4.90 Å². The Kier molecular flexibility index (Phi) is 6.97. The number of rotatable bonds is 5. The number of anilines is 1. The molecule has 0 aromatic heterocycles. The van der Waals surface area contributed by atoms with E-state index in [9.17, 15) is 0 Å². The highest BCUT2D eigenvalue weighted by Gasteiger charge is 2.80. The molecule has 1 fully saturated rings. The van der Waals surface area contributed by atoms with Crippen LogP contribution in [0.4, 0.5) is 5.69 Å². The fourth-order valence-electron chi connectivity index (χ4n) is 8.84. The Hall–Kier alpha value is -5.42. The van der Waals surface area contributed by atoms with Gasteiger partial charge in [0.2, 0.25) is 0 Å². The van der Waals surface area contributed by atoms with Gasteiger partial charge in [-0.3, -0.25) is 19.2 Å². The normalized spacial score (nSPS) is 20.2. The second-order valence-corrected chi connectivity index (χ2v) is 14.2. The van der Waals surface area contributed by atoms with Gasteiger partial charge in [0.1, 0.15) is 5.41 Å². The topological polar surface area (TPSA) is 71.5 Å². The van der Waals surface area contributed by atoms with E-state index in [1.807, 2.05) is 83.8 Å². The second kappa shape index (κ2) is 11.1. The van der Waals surface area contributed by atoms with Crippen molar-refractivity contribution in [2.75, 3.05) is 4.90 Å². The highest BCUT2D eigenvalue weighted by molar-refractivity contribution is 6.39. The number of nitrogens with zero attached hydrogens (tertiary/aromatic N) is 1. The van der Waals surface area contributed by atoms with Gasteiger partial charge in [0, 0.05) is 33.9 Å². The molecule has 8 rings (SSSR count). The molecule has 2 aliphatic carbocycles. The minimum Gasteiger partial charge on any atom is -0.343 e. The molecule has 0 unspecified atom stereocenters. The van der Waals surface area contributed by atoms with Gasteiger partial charge in [0.15, 0.2) is 28.7 Å². The molecular weight excluding hydrogens is 606 g/mol. The van der Waals surface area contributed by atoms with Gasteiger partial charge in [-0.05, 0) is 46.2 Å². The van der Waals surface area contributed by atoms with Crippen LogP contribution in [0, 0.1) is 5.41 Å². The summed E-state index contributed by atoms with van der Waals surface area (Å²) in [4.78, 5) is 63.7. The molecule has 1 aliphatic heterocycles. The van der Waals surface area contributed by atoms with Crippen LogP contribution in [0.2, 0.25) is 0 Å². The molecule has 2 atom stereocenters. The summed E-state index contributed by atoms with van der Waals surface area (Å²) in [5.41, 5.74) is 1.54. The summed E-state index contributed by atoms with van der Waals surface area (Å²) in [6.45, 7) is 8.43. The van der Waals surface area contributed by atoms with Gasteiger partial charge in [0.05, 0.1) is 6.04 Å². The van der Waals surface area contributed by atoms with Gasteiger partial charge in [-0.1, -0.05) is 143 Å². The molecule has 5 aromatic carbocycles. The lowest BCUT2D eigenvalue weighted by atomic mass is 9.59. The number of hydrogen-bond donors (Lipinski definition) is 0. The van der Waals surface area contributed by atoms with E-state index < -0.39 is 34.5 Å². The van der Waals surface area contributed by atoms with Crippen molar-refractivity contribution < 1.29 is 19.2 Å². The summed E-state index contributed by atoms with van der Waals surface area (Å²) in [5.74, 6) is -2.18. The zero-order valence-corrected chi connectivity index (χ0v) is 28.0. The highest BCUT2D eigenvalue weighted by atomic mass is 16.2. The zero-order valence-electron chi connectivity index (χ0n) is 28.0. The van der Waals surface area contributed by atoms with Crippen LogP contribution in [-0.4, -0.2) is 28.7 Å². The monoisotopic (exact) mass is 643 g/mol. The van der Waals surface area contributed by atoms with E-state index in [1.165, 1.54) is 0 Å². The van der Waals surface area contributed by atoms with E-state index in [0.717, 1.165) is 11.1 Å². The Morgan fingerprint density at radius 3 is 1.29 bits per heavy atom. The van der Waals surface area contributed by atoms with Crippen molar-refractivity contribution in [1.82, 2.24) is 0 Å². The van der Waals surface area contributed by atoms with Crippen molar-refractivity contribution in [3.63, 3.8) is 0 Å². The van der Waals surface area contributed by atoms with E-state index >= 15 is 19.2 Å². The number of ketones is 4. The van der Waals surface area contributed by atoms with Crippen LogP contribution in [0.15, 0.2) is 127 Å². The van der Waals surface area contributed by atoms with Crippen molar-refractivity contribution in [2.45, 2.75) is 57.0 Å². The van der Waals surface area contributed by atoms with Gasteiger partial charge in [-0.15, -0.1) is 0 Å². The third-order valence-corrected chi connectivity index (χ3v) is 11.1. The van der Waals surface area contributed by atoms with E-state index in [2.05, 4.69) is 27.7 Å². The standard InChI is InChI=1S/C44H37NO4/c1-26(2)28-18-22-30(23-19-28)37-43(39(46)33-14-8-9-15-34(33)40(43)47)38(31-24-20-29(21-25-31)27(3)4)45(32-12-6-5-7-13-32)44(37)41(48)35-16-10-11-17-36(35)42(44)49/h5-27,37-38H,1-4H3/t37-,38-/m0/s1. The summed E-state index contributed by atoms with van der Waals surface area (Å²) in [6, 6.07) is 38.0. The van der Waals surface area contributed by atoms with E-state index in [4.69, 9.17) is 0 Å². The lowest BCUT2D eigenvalue weighted by Gasteiger charge is -2.40. The number of benzene rings is 5. The van der Waals surface area contributed by atoms with Crippen LogP contribution < -0.4 is 4.90 Å². The Morgan fingerprint density at radius 2 is 0.857 bits per heavy atom. The molecule has 3 aliphatic rings. The fraction of sp³-hybridized carbons (Fsp3) is 0.227. The van der Waals surface area contributed by atoms with Crippen LogP contribution in [0.25, 0.3) is 0 Å². The molecule has 0 N–H and O–H groups in total. The lowest BCUT2D eigenvalue weighted by molar-refractivity contribution is 0.0619. The summed E-state index contributed by atoms with van der Waals surface area (Å²) in [6.07, 6.45) is 0. The molecule has 0 radical (unpaired) electrons. The molecule has 242 valence electrons. The van der Waals surface area contributed by atoms with Crippen molar-refractivity contribution in [2.24, 2.45) is 5.41 Å². The van der Waals surface area contributed by atoms with Crippen molar-refractivity contribution >= 4 is 28.8 Å². The third-order valence-electron chi connectivity index (χ3n) is 11.1. The maximum atomic E-state index is 15.5. The zero-order chi connectivity index (χ0) is 34.2. The molecule has 1 heterocycles. The summed E-state index contributed by atoms with van der Waals surface area (Å²) < 4.78 is 0. The summed E-state index contributed by atoms with van der Waals surface area (Å²) in [7, 11) is 0. The predicted octanol–water partition coefficient (Wildman–Crippen LogP) is 9.16. The maximum Gasteiger partial charge on any atom is 0.197 e. The Morgan fingerprint density at radius 1 is 0.469 bits per heavy atom. The molecule has 0 amide bonds. The first-order chi connectivity index (χ1) is 23.6. The smallest absolute Gasteiger partial charge is 0.197 e. The number of hydrogen-bond acceptors (Lipinski definition) is 5. The number of Topliss-reactive ketones (excluding diaryl/α,β-unsaturated/α-hetero) is 4. The van der Waals surface area contributed by atoms with Gasteiger partial charge >= 0.3 is 0 Å². The molecule has 5 heteroatoms. The SMILES string of the molecule is CC(C)c1ccc([C@@H]2N(c3ccccc3)C3(C(=O)c4ccccc4C3=O)[C@@H](c3ccc(C(C)C)cc3)C23C(=O)c2ccccc2C3=O)cc1. The number of fused-ring (bicyclic) bond motifs is 2. The first kappa shape index (κ1) is 30.9. The highest BCUT2D eigenvalue weighted by Crippen LogP contribution is 2.69. The van der Waals surface area contributed by atoms with Gasteiger partial charge in [-0.2, -0.15) is 0 Å². The van der Waals surface area contributed by atoms with Crippen molar-refractivity contribution in [3.05, 3.63) is 172 Å². The minimum atomic E-state index is -1.93. The predicted molar refractivity (Wildman–Crippen MR) is 191 cm³/mol. The van der Waals surface area contributed by atoms with E-state index in [-0.39, 0.29) is 23.4 Å². The molecular formula is C44H37NO4. The first-order valence-corrected chi connectivity index (χ1v) is 17.1. The molecule has 0 bridgehead atoms. The molecule has 2 spiro atoms. The molecule has 1 saturated heterocycles. The number of para-hydroxylation sites is 1. The molecule has 5 nitrogen and oxygen atoms in total. The second-order valence-electron chi connectivity index (χ2n) is 14.2. The quantitative estimate of drug-likeness (QED) is 0.179. The summed E-state index contributed by atoms with van der Waals surface area (Å²) >= 11 is 0. The Bertz CT molecular complexity index is 2090. The van der Waals surface area contributed by atoms with Gasteiger partial charge in [0.25, 0.3) is 0 Å².